The molecule has 0 saturated heterocycles. The quantitative estimate of drug-likeness (QED) is 0.782. The van der Waals surface area contributed by atoms with Gasteiger partial charge < -0.3 is 10.0 Å². The number of hydrogen-bond donors (Lipinski definition) is 0. The molecule has 0 spiro atoms. The van der Waals surface area contributed by atoms with Crippen LogP contribution in [0.5, 0.6) is 0 Å². The Balaban J connectivity index is 1.84. The van der Waals surface area contributed by atoms with E-state index in [1.54, 1.807) is 0 Å². The number of aryl methyl sites for hydroxylation is 1. The highest BCUT2D eigenvalue weighted by Crippen LogP contribution is 2.31. The van der Waals surface area contributed by atoms with Gasteiger partial charge in [0, 0.05) is 31.6 Å². The average Bonchev–Trinajstić information content (AvgIpc) is 2.85. The van der Waals surface area contributed by atoms with Gasteiger partial charge in [-0.1, -0.05) is 23.3 Å². The fourth-order valence-corrected chi connectivity index (χ4v) is 2.60. The lowest BCUT2D eigenvalue weighted by Crippen LogP contribution is -2.25. The molecule has 112 valence electrons. The summed E-state index contributed by atoms with van der Waals surface area (Å²) in [6, 6.07) is 4.05. The van der Waals surface area contributed by atoms with Crippen LogP contribution in [0.2, 0.25) is 0 Å². The lowest BCUT2D eigenvalue weighted by molar-refractivity contribution is -0.671. The molecule has 1 aromatic rings. The number of hydrogen-bond acceptors (Lipinski definition) is 2. The number of allylic oxidation sites excluding steroid dienone is 6. The molecule has 2 aliphatic rings. The van der Waals surface area contributed by atoms with E-state index in [0.717, 1.165) is 35.1 Å². The van der Waals surface area contributed by atoms with Crippen LogP contribution in [0.25, 0.3) is 6.08 Å². The summed E-state index contributed by atoms with van der Waals surface area (Å²) >= 11 is 0. The van der Waals surface area contributed by atoms with Crippen molar-refractivity contribution >= 4 is 6.08 Å². The third-order valence-electron chi connectivity index (χ3n) is 3.94. The molecule has 0 atom stereocenters. The molecule has 0 amide bonds. The molecule has 22 heavy (non-hydrogen) atoms. The van der Waals surface area contributed by atoms with Gasteiger partial charge in [-0.05, 0) is 36.1 Å². The predicted molar refractivity (Wildman–Crippen MR) is 86.0 cm³/mol. The van der Waals surface area contributed by atoms with Crippen molar-refractivity contribution in [2.45, 2.75) is 12.8 Å². The highest BCUT2D eigenvalue weighted by atomic mass is 16.3. The largest absolute Gasteiger partial charge is 0.872 e. The first-order valence-corrected chi connectivity index (χ1v) is 7.48. The maximum Gasteiger partial charge on any atom is 0.169 e. The highest BCUT2D eigenvalue weighted by molar-refractivity contribution is 5.60. The van der Waals surface area contributed by atoms with E-state index >= 15 is 0 Å². The maximum absolute atomic E-state index is 12.5. The van der Waals surface area contributed by atoms with Crippen LogP contribution < -0.4 is 9.67 Å². The first kappa shape index (κ1) is 14.4. The molecular formula is C19H20N2O. The van der Waals surface area contributed by atoms with E-state index in [1.165, 1.54) is 0 Å². The van der Waals surface area contributed by atoms with E-state index in [-0.39, 0.29) is 5.76 Å². The van der Waals surface area contributed by atoms with Crippen molar-refractivity contribution in [3.05, 3.63) is 83.2 Å². The summed E-state index contributed by atoms with van der Waals surface area (Å²) in [7, 11) is 3.97. The lowest BCUT2D eigenvalue weighted by atomic mass is 10.1. The van der Waals surface area contributed by atoms with Crippen LogP contribution in [-0.4, -0.2) is 11.9 Å². The smallest absolute Gasteiger partial charge is 0.169 e. The van der Waals surface area contributed by atoms with Gasteiger partial charge in [0.15, 0.2) is 12.4 Å². The number of pyridine rings is 1. The molecule has 3 nitrogen and oxygen atoms in total. The van der Waals surface area contributed by atoms with Crippen LogP contribution in [-0.2, 0) is 7.05 Å². The van der Waals surface area contributed by atoms with E-state index in [2.05, 4.69) is 0 Å². The van der Waals surface area contributed by atoms with E-state index < -0.39 is 0 Å². The van der Waals surface area contributed by atoms with Gasteiger partial charge in [-0.15, -0.1) is 5.76 Å². The van der Waals surface area contributed by atoms with Gasteiger partial charge in [-0.3, -0.25) is 0 Å². The van der Waals surface area contributed by atoms with Crippen LogP contribution in [0.1, 0.15) is 18.4 Å². The molecule has 0 saturated carbocycles. The number of aromatic nitrogens is 1. The minimum atomic E-state index is 0.182. The van der Waals surface area contributed by atoms with Crippen LogP contribution in [0.3, 0.4) is 0 Å². The Kier molecular flexibility index (Phi) is 3.96. The zero-order valence-electron chi connectivity index (χ0n) is 13.0. The van der Waals surface area contributed by atoms with Crippen molar-refractivity contribution < 1.29 is 9.67 Å². The molecule has 0 fully saturated rings. The summed E-state index contributed by atoms with van der Waals surface area (Å²) in [5, 5.41) is 12.5. The third-order valence-corrected chi connectivity index (χ3v) is 3.94. The number of rotatable bonds is 2. The first-order valence-electron chi connectivity index (χ1n) is 7.48. The Bertz CT molecular complexity index is 702. The van der Waals surface area contributed by atoms with Crippen molar-refractivity contribution in [1.29, 1.82) is 0 Å². The van der Waals surface area contributed by atoms with Gasteiger partial charge in [0.05, 0.1) is 0 Å². The maximum atomic E-state index is 12.5. The van der Waals surface area contributed by atoms with Crippen LogP contribution in [0.4, 0.5) is 0 Å². The molecule has 1 aromatic heterocycles. The zero-order valence-corrected chi connectivity index (χ0v) is 13.0. The zero-order chi connectivity index (χ0) is 15.5. The minimum Gasteiger partial charge on any atom is -0.872 e. The lowest BCUT2D eigenvalue weighted by Gasteiger charge is -2.14. The second-order valence-corrected chi connectivity index (χ2v) is 5.76. The molecule has 0 radical (unpaired) electrons. The molecule has 3 heteroatoms. The second kappa shape index (κ2) is 6.06. The molecule has 3 rings (SSSR count). The van der Waals surface area contributed by atoms with Crippen molar-refractivity contribution in [2.75, 3.05) is 7.05 Å². The minimum absolute atomic E-state index is 0.182. The summed E-state index contributed by atoms with van der Waals surface area (Å²) in [6.07, 6.45) is 17.7. The average molecular weight is 292 g/mol. The monoisotopic (exact) mass is 292 g/mol. The number of nitrogens with zero attached hydrogens (tertiary/aromatic N) is 2. The molecule has 0 aromatic carbocycles. The summed E-state index contributed by atoms with van der Waals surface area (Å²) in [5.41, 5.74) is 3.96. The van der Waals surface area contributed by atoms with Crippen molar-refractivity contribution in [3.8, 4) is 0 Å². The third kappa shape index (κ3) is 3.19. The molecule has 2 heterocycles. The first-order chi connectivity index (χ1) is 10.6. The van der Waals surface area contributed by atoms with Gasteiger partial charge in [0.1, 0.15) is 7.05 Å². The Morgan fingerprint density at radius 2 is 1.77 bits per heavy atom. The van der Waals surface area contributed by atoms with Gasteiger partial charge in [0.25, 0.3) is 0 Å². The molecule has 0 unspecified atom stereocenters. The van der Waals surface area contributed by atoms with Crippen LogP contribution in [0.15, 0.2) is 77.6 Å². The molecule has 0 N–H and O–H groups in total. The molecular weight excluding hydrogens is 272 g/mol. The van der Waals surface area contributed by atoms with Crippen molar-refractivity contribution in [2.24, 2.45) is 7.05 Å². The standard InChI is InChI=1S/C19H20N2O/c1-20-9-5-15(6-10-20)13-17-3-4-18(19(17)22)14-16-7-11-21(2)12-8-16/h5-14H,3-4H2,1-2H3. The van der Waals surface area contributed by atoms with Crippen molar-refractivity contribution in [1.82, 2.24) is 4.90 Å². The molecule has 1 aliphatic carbocycles. The van der Waals surface area contributed by atoms with Crippen LogP contribution >= 0.6 is 0 Å². The Morgan fingerprint density at radius 3 is 2.45 bits per heavy atom. The molecule has 1 aliphatic heterocycles. The summed E-state index contributed by atoms with van der Waals surface area (Å²) in [5.74, 6) is 0.182. The highest BCUT2D eigenvalue weighted by Gasteiger charge is 2.11. The topological polar surface area (TPSA) is 30.2 Å². The Morgan fingerprint density at radius 1 is 1.09 bits per heavy atom. The summed E-state index contributed by atoms with van der Waals surface area (Å²) in [6.45, 7) is 0. The van der Waals surface area contributed by atoms with E-state index in [0.29, 0.717) is 0 Å². The fourth-order valence-electron chi connectivity index (χ4n) is 2.60. The Hall–Kier alpha value is -2.55. The van der Waals surface area contributed by atoms with Gasteiger partial charge in [0.2, 0.25) is 0 Å². The van der Waals surface area contributed by atoms with E-state index in [9.17, 15) is 5.11 Å². The SMILES string of the molecule is CN1C=CC(=CC2=C([O-])C(=Cc3cc[n+](C)cc3)CC2)C=C1. The fraction of sp³-hybridized carbons (Fsp3) is 0.211. The summed E-state index contributed by atoms with van der Waals surface area (Å²) < 4.78 is 1.99. The molecule has 0 bridgehead atoms. The summed E-state index contributed by atoms with van der Waals surface area (Å²) in [4.78, 5) is 1.99. The van der Waals surface area contributed by atoms with E-state index in [1.807, 2.05) is 84.8 Å². The van der Waals surface area contributed by atoms with Crippen LogP contribution in [0, 0.1) is 0 Å². The van der Waals surface area contributed by atoms with Gasteiger partial charge in [-0.25, -0.2) is 4.57 Å². The van der Waals surface area contributed by atoms with E-state index in [4.69, 9.17) is 0 Å². The van der Waals surface area contributed by atoms with Gasteiger partial charge >= 0.3 is 0 Å². The van der Waals surface area contributed by atoms with Crippen molar-refractivity contribution in [3.63, 3.8) is 0 Å². The van der Waals surface area contributed by atoms with Gasteiger partial charge in [-0.2, -0.15) is 0 Å². The Labute approximate surface area is 131 Å². The normalized spacial score (nSPS) is 19.5. The predicted octanol–water partition coefficient (Wildman–Crippen LogP) is 2.20. The second-order valence-electron chi connectivity index (χ2n) is 5.76.